The van der Waals surface area contributed by atoms with Crippen LogP contribution in [0.1, 0.15) is 16.8 Å². The van der Waals surface area contributed by atoms with Gasteiger partial charge in [-0.2, -0.15) is 0 Å². The first-order valence-corrected chi connectivity index (χ1v) is 5.59. The largest absolute Gasteiger partial charge is 0.455 e. The predicted molar refractivity (Wildman–Crippen MR) is 68.1 cm³/mol. The summed E-state index contributed by atoms with van der Waals surface area (Å²) >= 11 is 0. The number of nitrogens with two attached hydrogens (primary N) is 1. The molecule has 0 saturated carbocycles. The fraction of sp³-hybridized carbons (Fsp3) is 0.214. The molecule has 0 amide bonds. The molecule has 1 aromatic heterocycles. The monoisotopic (exact) mass is 228 g/mol. The maximum Gasteiger partial charge on any atom is 0.145 e. The summed E-state index contributed by atoms with van der Waals surface area (Å²) in [5.41, 5.74) is 8.70. The van der Waals surface area contributed by atoms with E-state index in [0.29, 0.717) is 6.54 Å². The Hall–Kier alpha value is -1.87. The van der Waals surface area contributed by atoms with E-state index in [9.17, 15) is 0 Å². The Labute approximate surface area is 101 Å². The molecule has 0 fully saturated rings. The lowest BCUT2D eigenvalue weighted by molar-refractivity contribution is 0.476. The molecule has 3 heteroatoms. The van der Waals surface area contributed by atoms with Gasteiger partial charge in [0.15, 0.2) is 0 Å². The molecule has 2 rings (SSSR count). The van der Waals surface area contributed by atoms with Crippen LogP contribution in [0.2, 0.25) is 0 Å². The smallest absolute Gasteiger partial charge is 0.145 e. The number of pyridine rings is 1. The quantitative estimate of drug-likeness (QED) is 0.878. The zero-order chi connectivity index (χ0) is 12.3. The van der Waals surface area contributed by atoms with Gasteiger partial charge in [0.1, 0.15) is 11.5 Å². The van der Waals surface area contributed by atoms with Gasteiger partial charge in [-0.15, -0.1) is 0 Å². The Morgan fingerprint density at radius 2 is 2.00 bits per heavy atom. The van der Waals surface area contributed by atoms with Crippen molar-refractivity contribution in [1.29, 1.82) is 0 Å². The number of aryl methyl sites for hydroxylation is 2. The first kappa shape index (κ1) is 11.6. The summed E-state index contributed by atoms with van der Waals surface area (Å²) in [6.45, 7) is 4.54. The van der Waals surface area contributed by atoms with Gasteiger partial charge in [-0.05, 0) is 37.6 Å². The van der Waals surface area contributed by atoms with Gasteiger partial charge in [0.25, 0.3) is 0 Å². The first-order valence-electron chi connectivity index (χ1n) is 5.59. The Morgan fingerprint density at radius 1 is 1.18 bits per heavy atom. The van der Waals surface area contributed by atoms with E-state index in [2.05, 4.69) is 18.0 Å². The number of hydrogen-bond acceptors (Lipinski definition) is 3. The molecular weight excluding hydrogens is 212 g/mol. The van der Waals surface area contributed by atoms with Crippen molar-refractivity contribution in [2.75, 3.05) is 0 Å². The standard InChI is InChI=1S/C14H16N2O/c1-10-3-6-14(11(2)7-10)17-13-5-4-12(8-15)16-9-13/h3-7,9H,8,15H2,1-2H3. The number of rotatable bonds is 3. The Morgan fingerprint density at radius 3 is 2.59 bits per heavy atom. The van der Waals surface area contributed by atoms with Crippen LogP contribution in [0.15, 0.2) is 36.5 Å². The van der Waals surface area contributed by atoms with E-state index in [0.717, 1.165) is 22.8 Å². The third kappa shape index (κ3) is 2.82. The molecule has 1 aromatic carbocycles. The van der Waals surface area contributed by atoms with E-state index in [1.54, 1.807) is 6.20 Å². The average molecular weight is 228 g/mol. The van der Waals surface area contributed by atoms with Crippen LogP contribution < -0.4 is 10.5 Å². The lowest BCUT2D eigenvalue weighted by atomic mass is 10.1. The van der Waals surface area contributed by atoms with Crippen molar-refractivity contribution in [3.8, 4) is 11.5 Å². The van der Waals surface area contributed by atoms with Gasteiger partial charge in [-0.3, -0.25) is 4.98 Å². The second-order valence-corrected chi connectivity index (χ2v) is 4.06. The van der Waals surface area contributed by atoms with Gasteiger partial charge in [0, 0.05) is 6.54 Å². The minimum absolute atomic E-state index is 0.448. The lowest BCUT2D eigenvalue weighted by Crippen LogP contribution is -1.98. The summed E-state index contributed by atoms with van der Waals surface area (Å²) in [4.78, 5) is 4.19. The zero-order valence-electron chi connectivity index (χ0n) is 10.1. The Balaban J connectivity index is 2.19. The van der Waals surface area contributed by atoms with Crippen LogP contribution in [0.3, 0.4) is 0 Å². The highest BCUT2D eigenvalue weighted by Crippen LogP contribution is 2.25. The molecule has 0 aliphatic carbocycles. The fourth-order valence-electron chi connectivity index (χ4n) is 1.63. The fourth-order valence-corrected chi connectivity index (χ4v) is 1.63. The minimum atomic E-state index is 0.448. The normalized spacial score (nSPS) is 10.3. The van der Waals surface area contributed by atoms with Crippen LogP contribution >= 0.6 is 0 Å². The van der Waals surface area contributed by atoms with Crippen molar-refractivity contribution in [2.45, 2.75) is 20.4 Å². The number of hydrogen-bond donors (Lipinski definition) is 1. The van der Waals surface area contributed by atoms with Crippen LogP contribution in [0.5, 0.6) is 11.5 Å². The van der Waals surface area contributed by atoms with E-state index in [-0.39, 0.29) is 0 Å². The zero-order valence-corrected chi connectivity index (χ0v) is 10.1. The van der Waals surface area contributed by atoms with Crippen molar-refractivity contribution in [3.63, 3.8) is 0 Å². The third-order valence-corrected chi connectivity index (χ3v) is 2.56. The van der Waals surface area contributed by atoms with Crippen molar-refractivity contribution < 1.29 is 4.74 Å². The molecule has 0 spiro atoms. The van der Waals surface area contributed by atoms with Crippen LogP contribution in [0, 0.1) is 13.8 Å². The van der Waals surface area contributed by atoms with E-state index in [4.69, 9.17) is 10.5 Å². The number of nitrogens with zero attached hydrogens (tertiary/aromatic N) is 1. The van der Waals surface area contributed by atoms with Gasteiger partial charge < -0.3 is 10.5 Å². The maximum absolute atomic E-state index is 5.76. The van der Waals surface area contributed by atoms with E-state index in [1.807, 2.05) is 31.2 Å². The summed E-state index contributed by atoms with van der Waals surface area (Å²) in [6.07, 6.45) is 1.70. The Kier molecular flexibility index (Phi) is 3.40. The molecule has 0 unspecified atom stereocenters. The van der Waals surface area contributed by atoms with Crippen molar-refractivity contribution in [3.05, 3.63) is 53.3 Å². The van der Waals surface area contributed by atoms with Crippen molar-refractivity contribution in [2.24, 2.45) is 5.73 Å². The van der Waals surface area contributed by atoms with Crippen LogP contribution in [-0.4, -0.2) is 4.98 Å². The molecule has 0 bridgehead atoms. The highest BCUT2D eigenvalue weighted by molar-refractivity contribution is 5.38. The molecule has 0 saturated heterocycles. The van der Waals surface area contributed by atoms with E-state index >= 15 is 0 Å². The number of ether oxygens (including phenoxy) is 1. The molecule has 2 aromatic rings. The molecule has 88 valence electrons. The van der Waals surface area contributed by atoms with E-state index in [1.165, 1.54) is 5.56 Å². The number of aromatic nitrogens is 1. The molecule has 0 atom stereocenters. The molecule has 0 aliphatic heterocycles. The maximum atomic E-state index is 5.76. The van der Waals surface area contributed by atoms with Crippen molar-refractivity contribution in [1.82, 2.24) is 4.98 Å². The summed E-state index contributed by atoms with van der Waals surface area (Å²) in [5, 5.41) is 0. The average Bonchev–Trinajstić information content (AvgIpc) is 2.34. The second kappa shape index (κ2) is 4.97. The minimum Gasteiger partial charge on any atom is -0.455 e. The molecule has 2 N–H and O–H groups in total. The van der Waals surface area contributed by atoms with Crippen molar-refractivity contribution >= 4 is 0 Å². The van der Waals surface area contributed by atoms with Gasteiger partial charge >= 0.3 is 0 Å². The Bertz CT molecular complexity index is 506. The molecular formula is C14H16N2O. The molecule has 17 heavy (non-hydrogen) atoms. The predicted octanol–water partition coefficient (Wildman–Crippen LogP) is 2.95. The van der Waals surface area contributed by atoms with Gasteiger partial charge in [0.05, 0.1) is 11.9 Å². The van der Waals surface area contributed by atoms with E-state index < -0.39 is 0 Å². The van der Waals surface area contributed by atoms with Gasteiger partial charge in [0.2, 0.25) is 0 Å². The van der Waals surface area contributed by atoms with Gasteiger partial charge in [-0.25, -0.2) is 0 Å². The highest BCUT2D eigenvalue weighted by atomic mass is 16.5. The van der Waals surface area contributed by atoms with Crippen LogP contribution in [0.4, 0.5) is 0 Å². The summed E-state index contributed by atoms with van der Waals surface area (Å²) in [7, 11) is 0. The topological polar surface area (TPSA) is 48.1 Å². The molecule has 0 aliphatic rings. The van der Waals surface area contributed by atoms with Crippen LogP contribution in [-0.2, 0) is 6.54 Å². The first-order chi connectivity index (χ1) is 8.19. The molecule has 0 radical (unpaired) electrons. The number of benzene rings is 1. The summed E-state index contributed by atoms with van der Waals surface area (Å²) in [5.74, 6) is 1.59. The SMILES string of the molecule is Cc1ccc(Oc2ccc(CN)nc2)c(C)c1. The molecule has 1 heterocycles. The van der Waals surface area contributed by atoms with Crippen LogP contribution in [0.25, 0.3) is 0 Å². The summed E-state index contributed by atoms with van der Waals surface area (Å²) < 4.78 is 5.76. The highest BCUT2D eigenvalue weighted by Gasteiger charge is 2.02. The molecule has 3 nitrogen and oxygen atoms in total. The lowest BCUT2D eigenvalue weighted by Gasteiger charge is -2.09. The summed E-state index contributed by atoms with van der Waals surface area (Å²) in [6, 6.07) is 9.86. The third-order valence-electron chi connectivity index (χ3n) is 2.56. The van der Waals surface area contributed by atoms with Gasteiger partial charge in [-0.1, -0.05) is 17.7 Å². The second-order valence-electron chi connectivity index (χ2n) is 4.06.